The minimum absolute atomic E-state index is 0.278. The molecule has 7 heteroatoms. The van der Waals surface area contributed by atoms with E-state index in [2.05, 4.69) is 5.32 Å². The average molecular weight is 346 g/mol. The van der Waals surface area contributed by atoms with Gasteiger partial charge in [-0.2, -0.15) is 0 Å². The minimum Gasteiger partial charge on any atom is -0.494 e. The second-order valence-corrected chi connectivity index (χ2v) is 5.35. The molecule has 1 amide bonds. The maximum absolute atomic E-state index is 12.3. The first kappa shape index (κ1) is 15.8. The van der Waals surface area contributed by atoms with Crippen LogP contribution in [-0.4, -0.2) is 13.0 Å². The molecular weight excluding hydrogens is 335 g/mol. The van der Waals surface area contributed by atoms with Gasteiger partial charge in [0.15, 0.2) is 5.75 Å². The molecule has 0 aliphatic heterocycles. The molecule has 2 rings (SSSR count). The highest BCUT2D eigenvalue weighted by atomic mass is 35.5. The number of anilines is 2. The molecule has 0 bridgehead atoms. The van der Waals surface area contributed by atoms with E-state index in [0.29, 0.717) is 27.7 Å². The zero-order valence-electron chi connectivity index (χ0n) is 10.9. The number of ether oxygens (including phenoxy) is 1. The van der Waals surface area contributed by atoms with Crippen LogP contribution in [0.5, 0.6) is 5.75 Å². The molecule has 0 unspecified atom stereocenters. The van der Waals surface area contributed by atoms with Gasteiger partial charge in [0.1, 0.15) is 0 Å². The van der Waals surface area contributed by atoms with E-state index in [9.17, 15) is 4.79 Å². The predicted octanol–water partition coefficient (Wildman–Crippen LogP) is 4.49. The molecule has 0 radical (unpaired) electrons. The standard InChI is InChI=1S/C14H11Cl3N2O2/c1-21-13-7(3-2-4-11(13)18)14(20)19-12-6-9(16)8(15)5-10(12)17/h2-6H,18H2,1H3,(H,19,20). The zero-order chi connectivity index (χ0) is 15.6. The Kier molecular flexibility index (Phi) is 4.83. The molecule has 0 atom stereocenters. The second-order valence-electron chi connectivity index (χ2n) is 4.13. The quantitative estimate of drug-likeness (QED) is 0.636. The van der Waals surface area contributed by atoms with E-state index in [1.54, 1.807) is 18.2 Å². The molecule has 21 heavy (non-hydrogen) atoms. The van der Waals surface area contributed by atoms with Crippen LogP contribution < -0.4 is 15.8 Å². The third kappa shape index (κ3) is 3.35. The van der Waals surface area contributed by atoms with Gasteiger partial charge in [-0.05, 0) is 24.3 Å². The van der Waals surface area contributed by atoms with Crippen LogP contribution in [-0.2, 0) is 0 Å². The van der Waals surface area contributed by atoms with E-state index in [1.807, 2.05) is 0 Å². The van der Waals surface area contributed by atoms with E-state index >= 15 is 0 Å². The summed E-state index contributed by atoms with van der Waals surface area (Å²) in [7, 11) is 1.44. The van der Waals surface area contributed by atoms with Gasteiger partial charge in [0.25, 0.3) is 5.91 Å². The maximum atomic E-state index is 12.3. The first-order valence-electron chi connectivity index (χ1n) is 5.82. The molecule has 110 valence electrons. The number of rotatable bonds is 3. The van der Waals surface area contributed by atoms with Crippen molar-refractivity contribution in [1.29, 1.82) is 0 Å². The Hall–Kier alpha value is -1.62. The summed E-state index contributed by atoms with van der Waals surface area (Å²) in [4.78, 5) is 12.3. The summed E-state index contributed by atoms with van der Waals surface area (Å²) >= 11 is 17.8. The lowest BCUT2D eigenvalue weighted by Gasteiger charge is -2.12. The Balaban J connectivity index is 2.35. The smallest absolute Gasteiger partial charge is 0.259 e. The normalized spacial score (nSPS) is 10.3. The molecule has 3 N–H and O–H groups in total. The van der Waals surface area contributed by atoms with Gasteiger partial charge >= 0.3 is 0 Å². The number of carbonyl (C=O) groups excluding carboxylic acids is 1. The van der Waals surface area contributed by atoms with E-state index < -0.39 is 5.91 Å². The molecule has 0 fully saturated rings. The van der Waals surface area contributed by atoms with E-state index in [-0.39, 0.29) is 10.0 Å². The highest BCUT2D eigenvalue weighted by molar-refractivity contribution is 6.44. The number of hydrogen-bond acceptors (Lipinski definition) is 3. The van der Waals surface area contributed by atoms with E-state index in [1.165, 1.54) is 19.2 Å². The number of carbonyl (C=O) groups is 1. The van der Waals surface area contributed by atoms with Gasteiger partial charge < -0.3 is 15.8 Å². The van der Waals surface area contributed by atoms with Gasteiger partial charge in [-0.25, -0.2) is 0 Å². The minimum atomic E-state index is -0.417. The first-order valence-corrected chi connectivity index (χ1v) is 6.95. The molecule has 2 aromatic carbocycles. The molecule has 0 aliphatic carbocycles. The average Bonchev–Trinajstić information content (AvgIpc) is 2.44. The summed E-state index contributed by atoms with van der Waals surface area (Å²) in [5.74, 6) is -0.120. The van der Waals surface area contributed by atoms with Crippen LogP contribution in [0.4, 0.5) is 11.4 Å². The van der Waals surface area contributed by atoms with Crippen LogP contribution in [0.15, 0.2) is 30.3 Å². The molecule has 0 heterocycles. The van der Waals surface area contributed by atoms with Gasteiger partial charge in [-0.1, -0.05) is 40.9 Å². The van der Waals surface area contributed by atoms with Crippen LogP contribution in [0.2, 0.25) is 15.1 Å². The van der Waals surface area contributed by atoms with Gasteiger partial charge in [0.2, 0.25) is 0 Å². The number of benzene rings is 2. The largest absolute Gasteiger partial charge is 0.494 e. The topological polar surface area (TPSA) is 64.3 Å². The Morgan fingerprint density at radius 3 is 2.48 bits per heavy atom. The van der Waals surface area contributed by atoms with E-state index in [4.69, 9.17) is 45.3 Å². The van der Waals surface area contributed by atoms with Crippen LogP contribution in [0.3, 0.4) is 0 Å². The van der Waals surface area contributed by atoms with Crippen molar-refractivity contribution in [1.82, 2.24) is 0 Å². The lowest BCUT2D eigenvalue weighted by Crippen LogP contribution is -2.14. The molecule has 0 spiro atoms. The molecule has 0 aliphatic rings. The highest BCUT2D eigenvalue weighted by Gasteiger charge is 2.16. The van der Waals surface area contributed by atoms with Gasteiger partial charge in [0.05, 0.1) is 39.1 Å². The molecule has 2 aromatic rings. The van der Waals surface area contributed by atoms with Gasteiger partial charge in [-0.15, -0.1) is 0 Å². The molecular formula is C14H11Cl3N2O2. The summed E-state index contributed by atoms with van der Waals surface area (Å²) in [6.45, 7) is 0. The Morgan fingerprint density at radius 1 is 1.14 bits per heavy atom. The van der Waals surface area contributed by atoms with Crippen LogP contribution in [0.1, 0.15) is 10.4 Å². The maximum Gasteiger partial charge on any atom is 0.259 e. The van der Waals surface area contributed by atoms with Crippen molar-refractivity contribution in [3.05, 3.63) is 51.0 Å². The van der Waals surface area contributed by atoms with Crippen molar-refractivity contribution in [3.8, 4) is 5.75 Å². The second kappa shape index (κ2) is 6.43. The fraction of sp³-hybridized carbons (Fsp3) is 0.0714. The fourth-order valence-electron chi connectivity index (χ4n) is 1.77. The summed E-state index contributed by atoms with van der Waals surface area (Å²) in [6, 6.07) is 7.82. The van der Waals surface area contributed by atoms with Crippen LogP contribution >= 0.6 is 34.8 Å². The number of hydrogen-bond donors (Lipinski definition) is 2. The number of nitrogens with one attached hydrogen (secondary N) is 1. The number of nitrogens with two attached hydrogens (primary N) is 1. The fourth-order valence-corrected chi connectivity index (χ4v) is 2.36. The molecule has 0 aromatic heterocycles. The molecule has 4 nitrogen and oxygen atoms in total. The third-order valence-corrected chi connectivity index (χ3v) is 3.79. The lowest BCUT2D eigenvalue weighted by molar-refractivity contribution is 0.102. The van der Waals surface area contributed by atoms with Gasteiger partial charge in [-0.3, -0.25) is 4.79 Å². The highest BCUT2D eigenvalue weighted by Crippen LogP contribution is 2.33. The van der Waals surface area contributed by atoms with Crippen molar-refractivity contribution >= 4 is 52.1 Å². The summed E-state index contributed by atoms with van der Waals surface area (Å²) in [5, 5.41) is 3.52. The Morgan fingerprint density at radius 2 is 1.81 bits per heavy atom. The summed E-state index contributed by atoms with van der Waals surface area (Å²) in [6.07, 6.45) is 0. The molecule has 0 saturated carbocycles. The number of methoxy groups -OCH3 is 1. The van der Waals surface area contributed by atoms with Crippen molar-refractivity contribution in [3.63, 3.8) is 0 Å². The van der Waals surface area contributed by atoms with Crippen molar-refractivity contribution in [2.75, 3.05) is 18.2 Å². The summed E-state index contributed by atoms with van der Waals surface area (Å²) < 4.78 is 5.14. The number of para-hydroxylation sites is 1. The lowest BCUT2D eigenvalue weighted by atomic mass is 10.1. The summed E-state index contributed by atoms with van der Waals surface area (Å²) in [5.41, 5.74) is 6.77. The first-order chi connectivity index (χ1) is 9.93. The van der Waals surface area contributed by atoms with Crippen molar-refractivity contribution in [2.24, 2.45) is 0 Å². The Bertz CT molecular complexity index is 705. The Labute approximate surface area is 136 Å². The third-order valence-electron chi connectivity index (χ3n) is 2.75. The van der Waals surface area contributed by atoms with Crippen molar-refractivity contribution in [2.45, 2.75) is 0 Å². The number of halogens is 3. The monoisotopic (exact) mass is 344 g/mol. The molecule has 0 saturated heterocycles. The predicted molar refractivity (Wildman–Crippen MR) is 86.8 cm³/mol. The SMILES string of the molecule is COc1c(N)cccc1C(=O)Nc1cc(Cl)c(Cl)cc1Cl. The van der Waals surface area contributed by atoms with Crippen molar-refractivity contribution < 1.29 is 9.53 Å². The number of nitrogen functional groups attached to an aromatic ring is 1. The van der Waals surface area contributed by atoms with Crippen LogP contribution in [0, 0.1) is 0 Å². The zero-order valence-corrected chi connectivity index (χ0v) is 13.2. The number of amides is 1. The van der Waals surface area contributed by atoms with Crippen LogP contribution in [0.25, 0.3) is 0 Å². The van der Waals surface area contributed by atoms with Gasteiger partial charge in [0, 0.05) is 0 Å². The van der Waals surface area contributed by atoms with E-state index in [0.717, 1.165) is 0 Å².